The number of ether oxygens (including phenoxy) is 1. The van der Waals surface area contributed by atoms with Gasteiger partial charge in [-0.25, -0.2) is 17.6 Å². The van der Waals surface area contributed by atoms with Crippen molar-refractivity contribution in [3.05, 3.63) is 59.4 Å². The Kier molecular flexibility index (Phi) is 5.76. The molecular weight excluding hydrogens is 361 g/mol. The number of sulfone groups is 1. The van der Waals surface area contributed by atoms with E-state index in [1.54, 1.807) is 13.0 Å². The number of methoxy groups -OCH3 is 1. The molecule has 1 N–H and O–H groups in total. The van der Waals surface area contributed by atoms with Crippen molar-refractivity contribution < 1.29 is 27.1 Å². The smallest absolute Gasteiger partial charge is 0.337 e. The number of carbonyl (C=O) groups is 2. The number of carbonyl (C=O) groups excluding carboxylic acids is 2. The Morgan fingerprint density at radius 3 is 2.31 bits per heavy atom. The zero-order valence-corrected chi connectivity index (χ0v) is 15.3. The summed E-state index contributed by atoms with van der Waals surface area (Å²) in [6, 6.07) is 8.81. The first-order valence-corrected chi connectivity index (χ1v) is 9.20. The van der Waals surface area contributed by atoms with Crippen LogP contribution in [0.4, 0.5) is 10.1 Å². The van der Waals surface area contributed by atoms with Crippen LogP contribution >= 0.6 is 0 Å². The summed E-state index contributed by atoms with van der Waals surface area (Å²) in [5.74, 6) is -1.91. The maximum atomic E-state index is 13.0. The number of anilines is 1. The van der Waals surface area contributed by atoms with E-state index in [1.807, 2.05) is 0 Å². The highest BCUT2D eigenvalue weighted by Crippen LogP contribution is 2.21. The SMILES string of the molecule is COC(=O)c1ccc(C)c(NC(=O)C(C)S(=O)(=O)c2ccc(F)cc2)c1. The molecule has 0 saturated carbocycles. The largest absolute Gasteiger partial charge is 0.465 e. The van der Waals surface area contributed by atoms with Crippen molar-refractivity contribution >= 4 is 27.4 Å². The van der Waals surface area contributed by atoms with Crippen molar-refractivity contribution in [3.8, 4) is 0 Å². The van der Waals surface area contributed by atoms with Crippen molar-refractivity contribution in [1.29, 1.82) is 0 Å². The van der Waals surface area contributed by atoms with Gasteiger partial charge in [0.25, 0.3) is 0 Å². The molecule has 0 aliphatic carbocycles. The van der Waals surface area contributed by atoms with E-state index in [1.165, 1.54) is 26.2 Å². The molecule has 0 aromatic heterocycles. The summed E-state index contributed by atoms with van der Waals surface area (Å²) < 4.78 is 42.7. The molecule has 138 valence electrons. The lowest BCUT2D eigenvalue weighted by Gasteiger charge is -2.15. The number of halogens is 1. The lowest BCUT2D eigenvalue weighted by molar-refractivity contribution is -0.115. The minimum Gasteiger partial charge on any atom is -0.465 e. The number of benzene rings is 2. The average Bonchev–Trinajstić information content (AvgIpc) is 2.62. The number of hydrogen-bond donors (Lipinski definition) is 1. The fraction of sp³-hybridized carbons (Fsp3) is 0.222. The molecule has 0 radical (unpaired) electrons. The van der Waals surface area contributed by atoms with Gasteiger partial charge in [0.15, 0.2) is 9.84 Å². The zero-order valence-electron chi connectivity index (χ0n) is 14.4. The van der Waals surface area contributed by atoms with Crippen LogP contribution in [0.25, 0.3) is 0 Å². The Morgan fingerprint density at radius 1 is 1.12 bits per heavy atom. The quantitative estimate of drug-likeness (QED) is 0.637. The molecule has 1 amide bonds. The number of esters is 1. The molecule has 0 heterocycles. The van der Waals surface area contributed by atoms with Gasteiger partial charge < -0.3 is 10.1 Å². The maximum absolute atomic E-state index is 13.0. The van der Waals surface area contributed by atoms with E-state index >= 15 is 0 Å². The highest BCUT2D eigenvalue weighted by molar-refractivity contribution is 7.92. The first-order valence-electron chi connectivity index (χ1n) is 7.66. The predicted molar refractivity (Wildman–Crippen MR) is 94.2 cm³/mol. The van der Waals surface area contributed by atoms with Crippen molar-refractivity contribution in [1.82, 2.24) is 0 Å². The van der Waals surface area contributed by atoms with E-state index in [0.29, 0.717) is 11.3 Å². The third-order valence-electron chi connectivity index (χ3n) is 3.89. The van der Waals surface area contributed by atoms with E-state index in [0.717, 1.165) is 24.3 Å². The Morgan fingerprint density at radius 2 is 1.73 bits per heavy atom. The summed E-state index contributed by atoms with van der Waals surface area (Å²) in [6.07, 6.45) is 0. The van der Waals surface area contributed by atoms with E-state index < -0.39 is 32.8 Å². The molecule has 6 nitrogen and oxygen atoms in total. The molecule has 26 heavy (non-hydrogen) atoms. The van der Waals surface area contributed by atoms with Crippen LogP contribution in [0.3, 0.4) is 0 Å². The minimum absolute atomic E-state index is 0.151. The molecule has 0 bridgehead atoms. The van der Waals surface area contributed by atoms with Crippen LogP contribution < -0.4 is 5.32 Å². The number of rotatable bonds is 5. The maximum Gasteiger partial charge on any atom is 0.337 e. The van der Waals surface area contributed by atoms with Crippen LogP contribution in [0.2, 0.25) is 0 Å². The molecule has 0 spiro atoms. The van der Waals surface area contributed by atoms with E-state index in [2.05, 4.69) is 10.1 Å². The number of amides is 1. The third-order valence-corrected chi connectivity index (χ3v) is 5.97. The van der Waals surface area contributed by atoms with Gasteiger partial charge in [-0.05, 0) is 55.8 Å². The van der Waals surface area contributed by atoms with Crippen molar-refractivity contribution in [2.24, 2.45) is 0 Å². The fourth-order valence-corrected chi connectivity index (χ4v) is 3.47. The van der Waals surface area contributed by atoms with Crippen LogP contribution in [-0.2, 0) is 19.4 Å². The number of hydrogen-bond acceptors (Lipinski definition) is 5. The number of aryl methyl sites for hydroxylation is 1. The molecular formula is C18H18FNO5S. The molecule has 0 aliphatic rings. The molecule has 0 saturated heterocycles. The molecule has 8 heteroatoms. The van der Waals surface area contributed by atoms with Gasteiger partial charge in [0.2, 0.25) is 5.91 Å². The van der Waals surface area contributed by atoms with Crippen LogP contribution in [0.5, 0.6) is 0 Å². The highest BCUT2D eigenvalue weighted by Gasteiger charge is 2.30. The number of nitrogens with one attached hydrogen (secondary N) is 1. The average molecular weight is 379 g/mol. The Labute approximate surface area is 150 Å². The van der Waals surface area contributed by atoms with Crippen LogP contribution in [0, 0.1) is 12.7 Å². The van der Waals surface area contributed by atoms with Gasteiger partial charge in [-0.3, -0.25) is 4.79 Å². The molecule has 0 fully saturated rings. The van der Waals surface area contributed by atoms with Gasteiger partial charge >= 0.3 is 5.97 Å². The molecule has 1 atom stereocenters. The molecule has 0 aliphatic heterocycles. The van der Waals surface area contributed by atoms with Crippen LogP contribution in [0.15, 0.2) is 47.4 Å². The predicted octanol–water partition coefficient (Wildman–Crippen LogP) is 2.72. The van der Waals surface area contributed by atoms with Gasteiger partial charge in [0, 0.05) is 5.69 Å². The Bertz CT molecular complexity index is 939. The molecule has 2 rings (SSSR count). The summed E-state index contributed by atoms with van der Waals surface area (Å²) in [4.78, 5) is 23.9. The van der Waals surface area contributed by atoms with E-state index in [4.69, 9.17) is 0 Å². The van der Waals surface area contributed by atoms with Gasteiger partial charge in [-0.15, -0.1) is 0 Å². The van der Waals surface area contributed by atoms with Crippen LogP contribution in [0.1, 0.15) is 22.8 Å². The zero-order chi connectivity index (χ0) is 19.5. The second-order valence-corrected chi connectivity index (χ2v) is 7.92. The summed E-state index contributed by atoms with van der Waals surface area (Å²) in [6.45, 7) is 2.95. The monoisotopic (exact) mass is 379 g/mol. The summed E-state index contributed by atoms with van der Waals surface area (Å²) in [5, 5.41) is 1.11. The Hall–Kier alpha value is -2.74. The van der Waals surface area contributed by atoms with E-state index in [9.17, 15) is 22.4 Å². The van der Waals surface area contributed by atoms with Crippen LogP contribution in [-0.4, -0.2) is 32.7 Å². The van der Waals surface area contributed by atoms with Gasteiger partial charge in [0.1, 0.15) is 11.1 Å². The normalized spacial score (nSPS) is 12.3. The van der Waals surface area contributed by atoms with E-state index in [-0.39, 0.29) is 10.5 Å². The molecule has 1 unspecified atom stereocenters. The second kappa shape index (κ2) is 7.65. The fourth-order valence-electron chi connectivity index (χ4n) is 2.21. The lowest BCUT2D eigenvalue weighted by atomic mass is 10.1. The molecule has 2 aromatic rings. The summed E-state index contributed by atoms with van der Waals surface area (Å²) in [7, 11) is -2.76. The summed E-state index contributed by atoms with van der Waals surface area (Å²) in [5.41, 5.74) is 1.18. The van der Waals surface area contributed by atoms with Gasteiger partial charge in [-0.2, -0.15) is 0 Å². The third kappa shape index (κ3) is 4.08. The first-order chi connectivity index (χ1) is 12.2. The standard InChI is InChI=1S/C18H18FNO5S/c1-11-4-5-13(18(22)25-3)10-16(11)20-17(21)12(2)26(23,24)15-8-6-14(19)7-9-15/h4-10,12H,1-3H3,(H,20,21). The van der Waals surface area contributed by atoms with Crippen molar-refractivity contribution in [2.45, 2.75) is 24.0 Å². The van der Waals surface area contributed by atoms with Crippen molar-refractivity contribution in [3.63, 3.8) is 0 Å². The van der Waals surface area contributed by atoms with Gasteiger partial charge in [-0.1, -0.05) is 6.07 Å². The lowest BCUT2D eigenvalue weighted by Crippen LogP contribution is -2.33. The Balaban J connectivity index is 2.26. The minimum atomic E-state index is -3.99. The molecule has 2 aromatic carbocycles. The first kappa shape index (κ1) is 19.6. The summed E-state index contributed by atoms with van der Waals surface area (Å²) >= 11 is 0. The second-order valence-electron chi connectivity index (χ2n) is 5.65. The van der Waals surface area contributed by atoms with Gasteiger partial charge in [0.05, 0.1) is 17.6 Å². The highest BCUT2D eigenvalue weighted by atomic mass is 32.2. The van der Waals surface area contributed by atoms with Crippen molar-refractivity contribution in [2.75, 3.05) is 12.4 Å². The topological polar surface area (TPSA) is 89.5 Å².